The van der Waals surface area contributed by atoms with Gasteiger partial charge in [-0.1, -0.05) is 26.0 Å². The third-order valence-corrected chi connectivity index (χ3v) is 3.05. The van der Waals surface area contributed by atoms with E-state index >= 15 is 0 Å². The van der Waals surface area contributed by atoms with Crippen LogP contribution in [0.25, 0.3) is 5.69 Å². The molecule has 0 aliphatic rings. The summed E-state index contributed by atoms with van der Waals surface area (Å²) in [6, 6.07) is 5.03. The summed E-state index contributed by atoms with van der Waals surface area (Å²) in [5.74, 6) is 1.23. The van der Waals surface area contributed by atoms with Gasteiger partial charge in [0.15, 0.2) is 5.82 Å². The summed E-state index contributed by atoms with van der Waals surface area (Å²) in [4.78, 5) is 4.42. The zero-order valence-electron chi connectivity index (χ0n) is 11.4. The molecule has 0 unspecified atom stereocenters. The molecule has 2 aromatic rings. The molecule has 2 rings (SSSR count). The van der Waals surface area contributed by atoms with Crippen molar-refractivity contribution in [3.8, 4) is 5.69 Å². The van der Waals surface area contributed by atoms with Gasteiger partial charge in [-0.05, 0) is 24.6 Å². The van der Waals surface area contributed by atoms with Gasteiger partial charge in [0, 0.05) is 12.8 Å². The van der Waals surface area contributed by atoms with Crippen LogP contribution in [0.4, 0.5) is 4.39 Å². The first kappa shape index (κ1) is 13.7. The molecular weight excluding hydrogens is 243 g/mol. The second-order valence-electron chi connectivity index (χ2n) is 4.35. The molecule has 1 aromatic carbocycles. The molecule has 0 aliphatic carbocycles. The molecule has 5 heteroatoms. The number of benzene rings is 1. The molecule has 0 fully saturated rings. The predicted octanol–water partition coefficient (Wildman–Crippen LogP) is 2.03. The smallest absolute Gasteiger partial charge is 0.151 e. The molecule has 0 spiro atoms. The maximum Gasteiger partial charge on any atom is 0.151 e. The molecule has 102 valence electrons. The van der Waals surface area contributed by atoms with Gasteiger partial charge >= 0.3 is 0 Å². The number of para-hydroxylation sites is 1. The van der Waals surface area contributed by atoms with E-state index < -0.39 is 0 Å². The van der Waals surface area contributed by atoms with E-state index in [0.29, 0.717) is 25.1 Å². The molecule has 0 radical (unpaired) electrons. The minimum atomic E-state index is -0.284. The number of hydrogen-bond acceptors (Lipinski definition) is 3. The molecule has 4 nitrogen and oxygen atoms in total. The third-order valence-electron chi connectivity index (χ3n) is 3.05. The van der Waals surface area contributed by atoms with Crippen molar-refractivity contribution in [2.24, 2.45) is 5.73 Å². The van der Waals surface area contributed by atoms with Gasteiger partial charge in [0.1, 0.15) is 17.3 Å². The lowest BCUT2D eigenvalue weighted by atomic mass is 10.1. The first-order valence-electron chi connectivity index (χ1n) is 6.63. The number of aryl methyl sites for hydroxylation is 2. The zero-order chi connectivity index (χ0) is 13.8. The van der Waals surface area contributed by atoms with E-state index in [1.54, 1.807) is 10.7 Å². The molecule has 0 saturated carbocycles. The van der Waals surface area contributed by atoms with Gasteiger partial charge < -0.3 is 5.73 Å². The lowest BCUT2D eigenvalue weighted by Crippen LogP contribution is -2.11. The fourth-order valence-electron chi connectivity index (χ4n) is 2.10. The highest BCUT2D eigenvalue weighted by Gasteiger charge is 2.16. The first-order valence-corrected chi connectivity index (χ1v) is 6.63. The minimum absolute atomic E-state index is 0.284. The molecule has 0 bridgehead atoms. The summed E-state index contributed by atoms with van der Waals surface area (Å²) < 4.78 is 15.8. The maximum atomic E-state index is 14.2. The minimum Gasteiger partial charge on any atom is -0.330 e. The Morgan fingerprint density at radius 2 is 2.05 bits per heavy atom. The van der Waals surface area contributed by atoms with Crippen LogP contribution in [0.5, 0.6) is 0 Å². The Morgan fingerprint density at radius 1 is 1.26 bits per heavy atom. The highest BCUT2D eigenvalue weighted by atomic mass is 19.1. The molecule has 19 heavy (non-hydrogen) atoms. The van der Waals surface area contributed by atoms with Crippen molar-refractivity contribution in [1.29, 1.82) is 0 Å². The SMILES string of the molecule is CCc1nc(CC)n(-c2c(F)cccc2CCN)n1. The van der Waals surface area contributed by atoms with Crippen LogP contribution >= 0.6 is 0 Å². The normalized spacial score (nSPS) is 10.9. The number of hydrogen-bond donors (Lipinski definition) is 1. The fraction of sp³-hybridized carbons (Fsp3) is 0.429. The third kappa shape index (κ3) is 2.66. The highest BCUT2D eigenvalue weighted by molar-refractivity contribution is 5.42. The van der Waals surface area contributed by atoms with Gasteiger partial charge in [-0.2, -0.15) is 5.10 Å². The topological polar surface area (TPSA) is 56.7 Å². The van der Waals surface area contributed by atoms with Gasteiger partial charge in [0.2, 0.25) is 0 Å². The molecule has 2 N–H and O–H groups in total. The van der Waals surface area contributed by atoms with Crippen LogP contribution in [-0.2, 0) is 19.3 Å². The second kappa shape index (κ2) is 5.93. The zero-order valence-corrected chi connectivity index (χ0v) is 11.4. The van der Waals surface area contributed by atoms with Crippen LogP contribution in [0.2, 0.25) is 0 Å². The van der Waals surface area contributed by atoms with Crippen molar-refractivity contribution < 1.29 is 4.39 Å². The second-order valence-corrected chi connectivity index (χ2v) is 4.35. The van der Waals surface area contributed by atoms with Crippen LogP contribution in [0.3, 0.4) is 0 Å². The molecule has 0 amide bonds. The van der Waals surface area contributed by atoms with E-state index in [1.807, 2.05) is 19.9 Å². The number of halogens is 1. The summed E-state index contributed by atoms with van der Waals surface area (Å²) in [6.45, 7) is 4.46. The van der Waals surface area contributed by atoms with Crippen LogP contribution in [0, 0.1) is 5.82 Å². The van der Waals surface area contributed by atoms with Crippen LogP contribution in [0.15, 0.2) is 18.2 Å². The summed E-state index contributed by atoms with van der Waals surface area (Å²) >= 11 is 0. The Kier molecular flexibility index (Phi) is 4.27. The standard InChI is InChI=1S/C14H19FN4/c1-3-12-17-13(4-2)19(18-12)14-10(8-9-16)6-5-7-11(14)15/h5-7H,3-4,8-9,16H2,1-2H3. The Hall–Kier alpha value is -1.75. The molecule has 0 aliphatic heterocycles. The van der Waals surface area contributed by atoms with Gasteiger partial charge in [-0.15, -0.1) is 0 Å². The van der Waals surface area contributed by atoms with E-state index in [4.69, 9.17) is 5.73 Å². The largest absolute Gasteiger partial charge is 0.330 e. The van der Waals surface area contributed by atoms with E-state index in [1.165, 1.54) is 6.07 Å². The lowest BCUT2D eigenvalue weighted by Gasteiger charge is -2.11. The molecule has 0 saturated heterocycles. The Labute approximate surface area is 112 Å². The lowest BCUT2D eigenvalue weighted by molar-refractivity contribution is 0.601. The Morgan fingerprint density at radius 3 is 2.68 bits per heavy atom. The van der Waals surface area contributed by atoms with Crippen LogP contribution in [0.1, 0.15) is 31.1 Å². The summed E-state index contributed by atoms with van der Waals surface area (Å²) in [5, 5.41) is 4.40. The van der Waals surface area contributed by atoms with Crippen LogP contribution in [-0.4, -0.2) is 21.3 Å². The van der Waals surface area contributed by atoms with Crippen molar-refractivity contribution in [3.05, 3.63) is 41.2 Å². The van der Waals surface area contributed by atoms with Crippen molar-refractivity contribution >= 4 is 0 Å². The number of rotatable bonds is 5. The molecule has 1 heterocycles. The molecular formula is C14H19FN4. The summed E-state index contributed by atoms with van der Waals surface area (Å²) in [6.07, 6.45) is 2.07. The number of nitrogens with two attached hydrogens (primary N) is 1. The molecule has 0 atom stereocenters. The van der Waals surface area contributed by atoms with Gasteiger partial charge in [0.05, 0.1) is 0 Å². The van der Waals surface area contributed by atoms with Crippen LogP contribution < -0.4 is 5.73 Å². The maximum absolute atomic E-state index is 14.2. The van der Waals surface area contributed by atoms with Crippen molar-refractivity contribution in [3.63, 3.8) is 0 Å². The Balaban J connectivity index is 2.60. The summed E-state index contributed by atoms with van der Waals surface area (Å²) in [5.41, 5.74) is 6.94. The van der Waals surface area contributed by atoms with Crippen molar-refractivity contribution in [2.75, 3.05) is 6.54 Å². The van der Waals surface area contributed by atoms with E-state index in [2.05, 4.69) is 10.1 Å². The fourth-order valence-corrected chi connectivity index (χ4v) is 2.10. The van der Waals surface area contributed by atoms with Crippen molar-refractivity contribution in [1.82, 2.24) is 14.8 Å². The van der Waals surface area contributed by atoms with E-state index in [0.717, 1.165) is 23.6 Å². The van der Waals surface area contributed by atoms with E-state index in [9.17, 15) is 4.39 Å². The number of nitrogens with zero attached hydrogens (tertiary/aromatic N) is 3. The average Bonchev–Trinajstić information content (AvgIpc) is 2.82. The number of aromatic nitrogens is 3. The quantitative estimate of drug-likeness (QED) is 0.897. The van der Waals surface area contributed by atoms with E-state index in [-0.39, 0.29) is 5.82 Å². The Bertz CT molecular complexity index is 563. The van der Waals surface area contributed by atoms with Crippen molar-refractivity contribution in [2.45, 2.75) is 33.1 Å². The average molecular weight is 262 g/mol. The van der Waals surface area contributed by atoms with Gasteiger partial charge in [0.25, 0.3) is 0 Å². The molecule has 1 aromatic heterocycles. The highest BCUT2D eigenvalue weighted by Crippen LogP contribution is 2.20. The predicted molar refractivity (Wildman–Crippen MR) is 72.8 cm³/mol. The van der Waals surface area contributed by atoms with Gasteiger partial charge in [-0.25, -0.2) is 14.1 Å². The first-order chi connectivity index (χ1) is 9.21. The summed E-state index contributed by atoms with van der Waals surface area (Å²) in [7, 11) is 0. The monoisotopic (exact) mass is 262 g/mol. The van der Waals surface area contributed by atoms with Gasteiger partial charge in [-0.3, -0.25) is 0 Å².